The minimum absolute atomic E-state index is 0.0733. The number of aliphatic imine (C=N–C) groups is 2. The van der Waals surface area contributed by atoms with Crippen molar-refractivity contribution in [1.82, 2.24) is 0 Å². The zero-order valence-corrected chi connectivity index (χ0v) is 21.6. The number of aliphatic hydroxyl groups excluding tert-OH is 6. The lowest BCUT2D eigenvalue weighted by molar-refractivity contribution is 0.0715. The van der Waals surface area contributed by atoms with Gasteiger partial charge in [0.2, 0.25) is 0 Å². The van der Waals surface area contributed by atoms with Gasteiger partial charge in [-0.3, -0.25) is 9.98 Å². The molecule has 0 heterocycles. The van der Waals surface area contributed by atoms with E-state index in [-0.39, 0.29) is 11.5 Å². The summed E-state index contributed by atoms with van der Waals surface area (Å²) >= 11 is 0. The van der Waals surface area contributed by atoms with Crippen molar-refractivity contribution in [3.05, 3.63) is 47.5 Å². The standard InChI is InChI=1S/2C13H19NO5/c2*1-2-19-11-5-3-4-10(12(11)18)6-14-13(7-15,8-16)9-17/h2*3-6,15-18H,2,7-9H2,1H3. The number of benzene rings is 2. The number of hydrogen-bond acceptors (Lipinski definition) is 12. The van der Waals surface area contributed by atoms with E-state index in [9.17, 15) is 10.2 Å². The van der Waals surface area contributed by atoms with Crippen LogP contribution in [0.2, 0.25) is 0 Å². The van der Waals surface area contributed by atoms with Crippen LogP contribution in [-0.4, -0.2) is 117 Å². The van der Waals surface area contributed by atoms with Gasteiger partial charge >= 0.3 is 0 Å². The number of phenolic OH excluding ortho intramolecular Hbond substituents is 2. The number of nitrogens with zero attached hydrogens (tertiary/aromatic N) is 2. The molecule has 2 aromatic rings. The molecule has 0 saturated heterocycles. The van der Waals surface area contributed by atoms with Gasteiger partial charge in [0.1, 0.15) is 11.1 Å². The Morgan fingerprint density at radius 3 is 1.18 bits per heavy atom. The number of rotatable bonds is 14. The molecule has 0 atom stereocenters. The zero-order chi connectivity index (χ0) is 28.6. The average molecular weight is 539 g/mol. The average Bonchev–Trinajstić information content (AvgIpc) is 2.95. The van der Waals surface area contributed by atoms with Gasteiger partial charge in [-0.05, 0) is 38.1 Å². The minimum Gasteiger partial charge on any atom is -0.504 e. The van der Waals surface area contributed by atoms with Crippen molar-refractivity contribution >= 4 is 12.4 Å². The van der Waals surface area contributed by atoms with Crippen LogP contribution in [0.5, 0.6) is 23.0 Å². The third-order valence-corrected chi connectivity index (χ3v) is 5.38. The lowest BCUT2D eigenvalue weighted by atomic mass is 10.0. The molecular formula is C26H38N2O10. The zero-order valence-electron chi connectivity index (χ0n) is 21.6. The largest absolute Gasteiger partial charge is 0.504 e. The fraction of sp³-hybridized carbons (Fsp3) is 0.462. The fourth-order valence-corrected chi connectivity index (χ4v) is 2.79. The van der Waals surface area contributed by atoms with E-state index in [4.69, 9.17) is 40.1 Å². The van der Waals surface area contributed by atoms with Crippen LogP contribution < -0.4 is 9.47 Å². The number of para-hydroxylation sites is 2. The molecule has 212 valence electrons. The summed E-state index contributed by atoms with van der Waals surface area (Å²) in [4.78, 5) is 7.90. The second-order valence-corrected chi connectivity index (χ2v) is 8.17. The molecule has 0 fully saturated rings. The van der Waals surface area contributed by atoms with E-state index in [1.165, 1.54) is 12.4 Å². The molecule has 38 heavy (non-hydrogen) atoms. The van der Waals surface area contributed by atoms with E-state index in [1.807, 2.05) is 0 Å². The van der Waals surface area contributed by atoms with Gasteiger partial charge in [-0.15, -0.1) is 0 Å². The molecule has 0 aliphatic carbocycles. The van der Waals surface area contributed by atoms with Crippen molar-refractivity contribution in [3.63, 3.8) is 0 Å². The molecule has 12 nitrogen and oxygen atoms in total. The molecule has 0 unspecified atom stereocenters. The van der Waals surface area contributed by atoms with Gasteiger partial charge in [0.25, 0.3) is 0 Å². The molecule has 0 aliphatic rings. The van der Waals surface area contributed by atoms with E-state index >= 15 is 0 Å². The van der Waals surface area contributed by atoms with Gasteiger partial charge < -0.3 is 50.3 Å². The second kappa shape index (κ2) is 16.6. The summed E-state index contributed by atoms with van der Waals surface area (Å²) < 4.78 is 10.5. The first kappa shape index (κ1) is 32.8. The maximum absolute atomic E-state index is 9.93. The Kier molecular flexibility index (Phi) is 14.3. The molecule has 0 saturated carbocycles. The molecule has 2 rings (SSSR count). The molecule has 0 aliphatic heterocycles. The summed E-state index contributed by atoms with van der Waals surface area (Å²) in [5.41, 5.74) is -1.95. The molecule has 8 N–H and O–H groups in total. The molecule has 0 bridgehead atoms. The van der Waals surface area contributed by atoms with Crippen LogP contribution in [0.25, 0.3) is 0 Å². The Labute approximate surface area is 221 Å². The Morgan fingerprint density at radius 1 is 0.605 bits per heavy atom. The highest BCUT2D eigenvalue weighted by Gasteiger charge is 2.27. The molecule has 0 spiro atoms. The summed E-state index contributed by atoms with van der Waals surface area (Å²) in [5, 5.41) is 74.7. The van der Waals surface area contributed by atoms with Crippen LogP contribution in [-0.2, 0) is 0 Å². The van der Waals surface area contributed by atoms with Crippen LogP contribution in [0.1, 0.15) is 25.0 Å². The first-order valence-electron chi connectivity index (χ1n) is 11.9. The normalized spacial score (nSPS) is 12.0. The number of aromatic hydroxyl groups is 2. The number of phenols is 2. The van der Waals surface area contributed by atoms with Crippen LogP contribution in [0.4, 0.5) is 0 Å². The summed E-state index contributed by atoms with van der Waals surface area (Å²) in [5.74, 6) is 0.509. The van der Waals surface area contributed by atoms with Gasteiger partial charge in [0.15, 0.2) is 23.0 Å². The monoisotopic (exact) mass is 538 g/mol. The number of ether oxygens (including phenoxy) is 2. The summed E-state index contributed by atoms with van der Waals surface area (Å²) in [6.45, 7) is 1.45. The molecule has 2 aromatic carbocycles. The highest BCUT2D eigenvalue weighted by molar-refractivity contribution is 5.85. The van der Waals surface area contributed by atoms with Crippen LogP contribution >= 0.6 is 0 Å². The Balaban J connectivity index is 0.000000380. The maximum atomic E-state index is 9.93. The second-order valence-electron chi connectivity index (χ2n) is 8.17. The van der Waals surface area contributed by atoms with Crippen molar-refractivity contribution in [1.29, 1.82) is 0 Å². The van der Waals surface area contributed by atoms with Crippen molar-refractivity contribution in [2.24, 2.45) is 9.98 Å². The smallest absolute Gasteiger partial charge is 0.166 e. The summed E-state index contributed by atoms with van der Waals surface area (Å²) in [6, 6.07) is 9.83. The molecule has 0 amide bonds. The van der Waals surface area contributed by atoms with E-state index < -0.39 is 50.7 Å². The van der Waals surface area contributed by atoms with E-state index in [0.29, 0.717) is 35.8 Å². The van der Waals surface area contributed by atoms with E-state index in [2.05, 4.69) is 9.98 Å². The van der Waals surface area contributed by atoms with Gasteiger partial charge in [-0.25, -0.2) is 0 Å². The van der Waals surface area contributed by atoms with Gasteiger partial charge in [0, 0.05) is 23.6 Å². The molecule has 0 aromatic heterocycles. The highest BCUT2D eigenvalue weighted by atomic mass is 16.5. The first-order chi connectivity index (χ1) is 18.2. The number of aliphatic hydroxyl groups is 6. The summed E-state index contributed by atoms with van der Waals surface area (Å²) in [7, 11) is 0. The van der Waals surface area contributed by atoms with Crippen molar-refractivity contribution < 1.29 is 50.3 Å². The minimum atomic E-state index is -1.35. The number of hydrogen-bond donors (Lipinski definition) is 8. The van der Waals surface area contributed by atoms with Crippen molar-refractivity contribution in [2.45, 2.75) is 24.9 Å². The lowest BCUT2D eigenvalue weighted by Gasteiger charge is -2.22. The SMILES string of the molecule is CCOc1cccc(C=NC(CO)(CO)CO)c1O.CCOc1cccc(C=NC(CO)(CO)CO)c1O. The molecule has 12 heteroatoms. The Hall–Kier alpha value is -3.26. The third kappa shape index (κ3) is 8.94. The topological polar surface area (TPSA) is 205 Å². The van der Waals surface area contributed by atoms with Crippen molar-refractivity contribution in [2.75, 3.05) is 52.9 Å². The van der Waals surface area contributed by atoms with Gasteiger partial charge in [0.05, 0.1) is 52.9 Å². The lowest BCUT2D eigenvalue weighted by Crippen LogP contribution is -2.39. The van der Waals surface area contributed by atoms with Crippen LogP contribution in [0, 0.1) is 0 Å². The van der Waals surface area contributed by atoms with Crippen molar-refractivity contribution in [3.8, 4) is 23.0 Å². The molecular weight excluding hydrogens is 500 g/mol. The fourth-order valence-electron chi connectivity index (χ4n) is 2.79. The van der Waals surface area contributed by atoms with Crippen LogP contribution in [0.15, 0.2) is 46.4 Å². The van der Waals surface area contributed by atoms with E-state index in [0.717, 1.165) is 0 Å². The quantitative estimate of drug-likeness (QED) is 0.149. The Bertz CT molecular complexity index is 923. The first-order valence-corrected chi connectivity index (χ1v) is 11.9. The molecule has 0 radical (unpaired) electrons. The third-order valence-electron chi connectivity index (χ3n) is 5.38. The van der Waals surface area contributed by atoms with Crippen LogP contribution in [0.3, 0.4) is 0 Å². The highest BCUT2D eigenvalue weighted by Crippen LogP contribution is 2.30. The summed E-state index contributed by atoms with van der Waals surface area (Å²) in [6.07, 6.45) is 2.58. The van der Waals surface area contributed by atoms with E-state index in [1.54, 1.807) is 50.2 Å². The Morgan fingerprint density at radius 2 is 0.921 bits per heavy atom. The predicted octanol–water partition coefficient (Wildman–Crippen LogP) is -0.149. The maximum Gasteiger partial charge on any atom is 0.166 e. The van der Waals surface area contributed by atoms with Gasteiger partial charge in [-0.1, -0.05) is 12.1 Å². The van der Waals surface area contributed by atoms with Gasteiger partial charge in [-0.2, -0.15) is 0 Å². The predicted molar refractivity (Wildman–Crippen MR) is 142 cm³/mol.